The van der Waals surface area contributed by atoms with E-state index in [1.54, 1.807) is 0 Å². The fourth-order valence-corrected chi connectivity index (χ4v) is 7.08. The molecule has 0 spiro atoms. The Hall–Kier alpha value is -5.44. The normalized spacial score (nSPS) is 33.2. The Labute approximate surface area is 361 Å². The molecule has 4 heterocycles. The van der Waals surface area contributed by atoms with Crippen LogP contribution in [0, 0.1) is 0 Å². The molecule has 0 saturated carbocycles. The Bertz CT molecular complexity index is 2290. The van der Waals surface area contributed by atoms with Crippen molar-refractivity contribution in [3.8, 4) is 45.8 Å². The van der Waals surface area contributed by atoms with Gasteiger partial charge in [-0.25, -0.2) is 9.21 Å². The summed E-state index contributed by atoms with van der Waals surface area (Å²) in [6.45, 7) is 0.163. The van der Waals surface area contributed by atoms with E-state index >= 15 is 0 Å². The van der Waals surface area contributed by atoms with Gasteiger partial charge in [-0.1, -0.05) is 12.1 Å². The summed E-state index contributed by atoms with van der Waals surface area (Å²) >= 11 is 0. The van der Waals surface area contributed by atoms with Crippen LogP contribution in [0.25, 0.3) is 28.4 Å². The van der Waals surface area contributed by atoms with Crippen molar-refractivity contribution < 1.29 is 109 Å². The molecule has 1 aromatic heterocycles. The Morgan fingerprint density at radius 3 is 1.84 bits per heavy atom. The Morgan fingerprint density at radius 2 is 1.20 bits per heavy atom. The predicted molar refractivity (Wildman–Crippen MR) is 212 cm³/mol. The first-order chi connectivity index (χ1) is 30.4. The van der Waals surface area contributed by atoms with Crippen LogP contribution >= 0.6 is 0 Å². The standard InChI is InChI=1S/C42H46O22/c1-16-30(48)33(51)36(54)40(59-16)58-15-28-32(50)35(53)38(56)42(64-28)62-26-13-21-24(60-39(26)18-5-8-22(45)23(46)10-18)11-20(44)12-25(21)61-41-37(55)34(52)31(49)27(63-41)14-57-29(47)9-4-17-2-6-19(43)7-3-17/h2-13,16,27-28,30-38,40-42,48-56H,14-15H2,1H3,(H3-,43,44,45,46,47)/p+1/t16-,27+,28+,30-,31+,32-,33+,34-,35-,36+,37+,38+,40+,41+,42+/m0/s1. The zero-order valence-corrected chi connectivity index (χ0v) is 33.5. The van der Waals surface area contributed by atoms with Gasteiger partial charge in [-0.05, 0) is 42.8 Å². The molecule has 7 rings (SSSR count). The summed E-state index contributed by atoms with van der Waals surface area (Å²) < 4.78 is 45.9. The molecular weight excluding hydrogens is 856 g/mol. The van der Waals surface area contributed by atoms with Crippen LogP contribution in [-0.2, 0) is 28.5 Å². The van der Waals surface area contributed by atoms with Crippen molar-refractivity contribution >= 4 is 23.0 Å². The molecule has 3 aliphatic heterocycles. The largest absolute Gasteiger partial charge is 0.508 e. The topological polar surface area (TPSA) is 356 Å². The van der Waals surface area contributed by atoms with Crippen LogP contribution in [0.2, 0.25) is 0 Å². The molecule has 22 nitrogen and oxygen atoms in total. The summed E-state index contributed by atoms with van der Waals surface area (Å²) in [6, 6.07) is 12.8. The van der Waals surface area contributed by atoms with Crippen molar-refractivity contribution in [2.24, 2.45) is 0 Å². The third-order valence-corrected chi connectivity index (χ3v) is 10.8. The second-order valence-corrected chi connectivity index (χ2v) is 15.3. The van der Waals surface area contributed by atoms with Crippen molar-refractivity contribution in [3.63, 3.8) is 0 Å². The monoisotopic (exact) mass is 903 g/mol. The number of aromatic hydroxyl groups is 4. The molecule has 0 aliphatic carbocycles. The number of ether oxygens (including phenoxy) is 7. The maximum atomic E-state index is 12.5. The molecule has 15 atom stereocenters. The third kappa shape index (κ3) is 9.94. The Kier molecular flexibility index (Phi) is 14.1. The number of phenols is 4. The number of fused-ring (bicyclic) bond motifs is 1. The van der Waals surface area contributed by atoms with E-state index < -0.39 is 129 Å². The smallest absolute Gasteiger partial charge is 0.402 e. The van der Waals surface area contributed by atoms with Crippen molar-refractivity contribution in [1.29, 1.82) is 0 Å². The second kappa shape index (κ2) is 19.3. The molecule has 3 saturated heterocycles. The van der Waals surface area contributed by atoms with E-state index in [-0.39, 0.29) is 39.5 Å². The summed E-state index contributed by atoms with van der Waals surface area (Å²) in [7, 11) is 0. The van der Waals surface area contributed by atoms with Crippen molar-refractivity contribution in [3.05, 3.63) is 72.3 Å². The van der Waals surface area contributed by atoms with Crippen LogP contribution in [-0.4, -0.2) is 178 Å². The van der Waals surface area contributed by atoms with Gasteiger partial charge in [0.1, 0.15) is 96.4 Å². The Morgan fingerprint density at radius 1 is 0.609 bits per heavy atom. The van der Waals surface area contributed by atoms with E-state index in [2.05, 4.69) is 0 Å². The number of benzene rings is 3. The quantitative estimate of drug-likeness (QED) is 0.0339. The van der Waals surface area contributed by atoms with Crippen LogP contribution in [0.15, 0.2) is 71.2 Å². The van der Waals surface area contributed by atoms with E-state index in [1.807, 2.05) is 0 Å². The van der Waals surface area contributed by atoms with Crippen LogP contribution in [0.5, 0.6) is 34.5 Å². The molecule has 0 bridgehead atoms. The lowest BCUT2D eigenvalue weighted by atomic mass is 9.98. The van der Waals surface area contributed by atoms with Gasteiger partial charge in [0.05, 0.1) is 24.3 Å². The maximum absolute atomic E-state index is 12.5. The first-order valence-electron chi connectivity index (χ1n) is 19.7. The lowest BCUT2D eigenvalue weighted by Crippen LogP contribution is -2.61. The maximum Gasteiger partial charge on any atom is 0.402 e. The fraction of sp³-hybridized carbons (Fsp3) is 0.429. The van der Waals surface area contributed by atoms with Gasteiger partial charge in [0.15, 0.2) is 17.8 Å². The SMILES string of the molecule is C[C@@H]1O[C@@H](OC[C@H]2O[C@@H](Oc3cc4c(O[C@@H]5O[C@H](COC(=O)C=Cc6ccc(O)cc6)[C@@H](O)[C@H](O)[C@H]5O)cc(O)cc4[o+]c3-c3ccc(O)c(O)c3)[C@H](O)[C@@H](O)[C@H]2O)[C@H](O)[C@H](O)[C@H]1O. The molecule has 3 aliphatic rings. The zero-order chi connectivity index (χ0) is 46.1. The molecule has 64 heavy (non-hydrogen) atoms. The average molecular weight is 904 g/mol. The number of aliphatic hydroxyl groups excluding tert-OH is 9. The van der Waals surface area contributed by atoms with Crippen molar-refractivity contribution in [1.82, 2.24) is 0 Å². The average Bonchev–Trinajstić information content (AvgIpc) is 3.27. The van der Waals surface area contributed by atoms with Gasteiger partial charge in [0, 0.05) is 24.3 Å². The second-order valence-electron chi connectivity index (χ2n) is 15.3. The van der Waals surface area contributed by atoms with Crippen molar-refractivity contribution in [2.45, 2.75) is 99.0 Å². The van der Waals surface area contributed by atoms with E-state index in [0.717, 1.165) is 30.3 Å². The molecule has 0 radical (unpaired) electrons. The molecule has 3 aromatic carbocycles. The van der Waals surface area contributed by atoms with E-state index in [0.29, 0.717) is 5.56 Å². The Balaban J connectivity index is 1.15. The van der Waals surface area contributed by atoms with Gasteiger partial charge in [-0.15, -0.1) is 0 Å². The van der Waals surface area contributed by atoms with Gasteiger partial charge in [-0.2, -0.15) is 0 Å². The first kappa shape index (κ1) is 46.5. The predicted octanol–water partition coefficient (Wildman–Crippen LogP) is -1.32. The third-order valence-electron chi connectivity index (χ3n) is 10.8. The summed E-state index contributed by atoms with van der Waals surface area (Å²) in [4.78, 5) is 12.5. The van der Waals surface area contributed by atoms with Gasteiger partial charge in [0.2, 0.25) is 18.3 Å². The minimum absolute atomic E-state index is 0.0190. The first-order valence-corrected chi connectivity index (χ1v) is 19.7. The summed E-state index contributed by atoms with van der Waals surface area (Å²) in [6.07, 6.45) is -22.8. The van der Waals surface area contributed by atoms with E-state index in [1.165, 1.54) is 49.4 Å². The van der Waals surface area contributed by atoms with Crippen LogP contribution in [0.1, 0.15) is 12.5 Å². The van der Waals surface area contributed by atoms with Crippen LogP contribution in [0.3, 0.4) is 0 Å². The van der Waals surface area contributed by atoms with Crippen molar-refractivity contribution in [2.75, 3.05) is 13.2 Å². The number of hydrogen-bond acceptors (Lipinski definition) is 21. The molecule has 0 unspecified atom stereocenters. The van der Waals surface area contributed by atoms with Gasteiger partial charge >= 0.3 is 17.3 Å². The highest BCUT2D eigenvalue weighted by Gasteiger charge is 2.49. The highest BCUT2D eigenvalue weighted by Crippen LogP contribution is 2.43. The van der Waals surface area contributed by atoms with Crippen LogP contribution < -0.4 is 9.47 Å². The fourth-order valence-electron chi connectivity index (χ4n) is 7.08. The minimum Gasteiger partial charge on any atom is -0.508 e. The highest BCUT2D eigenvalue weighted by atomic mass is 16.7. The molecule has 4 aromatic rings. The number of hydrogen-bond donors (Lipinski definition) is 13. The van der Waals surface area contributed by atoms with E-state index in [9.17, 15) is 71.2 Å². The number of rotatable bonds is 12. The van der Waals surface area contributed by atoms with Gasteiger partial charge in [0.25, 0.3) is 0 Å². The number of carbonyl (C=O) groups is 1. The summed E-state index contributed by atoms with van der Waals surface area (Å²) in [5, 5.41) is 136. The number of phenolic OH excluding ortho intramolecular Hbond substituents is 4. The highest BCUT2D eigenvalue weighted by molar-refractivity contribution is 5.89. The lowest BCUT2D eigenvalue weighted by molar-refractivity contribution is -0.318. The molecular formula is C42H47O22+. The lowest BCUT2D eigenvalue weighted by Gasteiger charge is -2.42. The molecule has 22 heteroatoms. The molecule has 3 fully saturated rings. The van der Waals surface area contributed by atoms with Crippen LogP contribution in [0.4, 0.5) is 0 Å². The summed E-state index contributed by atoms with van der Waals surface area (Å²) in [5.74, 6) is -3.29. The van der Waals surface area contributed by atoms with Gasteiger partial charge < -0.3 is 99.5 Å². The van der Waals surface area contributed by atoms with Gasteiger partial charge in [-0.3, -0.25) is 0 Å². The molecule has 0 amide bonds. The summed E-state index contributed by atoms with van der Waals surface area (Å²) in [5.41, 5.74) is 0.448. The zero-order valence-electron chi connectivity index (χ0n) is 33.5. The van der Waals surface area contributed by atoms with E-state index in [4.69, 9.17) is 37.6 Å². The molecule has 346 valence electrons. The molecule has 13 N–H and O–H groups in total. The number of carbonyl (C=O) groups excluding carboxylic acids is 1. The number of esters is 1. The number of aliphatic hydroxyl groups is 9. The minimum atomic E-state index is -1.97.